The second-order valence-electron chi connectivity index (χ2n) is 5.36. The number of rotatable bonds is 7. The van der Waals surface area contributed by atoms with Gasteiger partial charge in [0.15, 0.2) is 6.29 Å². The normalized spacial score (nSPS) is 12.7. The topological polar surface area (TPSA) is 67.9 Å². The zero-order valence-electron chi connectivity index (χ0n) is 13.8. The number of hydrogen-bond donors (Lipinski definition) is 1. The summed E-state index contributed by atoms with van der Waals surface area (Å²) in [7, 11) is 1.62. The van der Waals surface area contributed by atoms with Crippen LogP contribution in [-0.2, 0) is 14.3 Å². The van der Waals surface area contributed by atoms with Gasteiger partial charge in [0.05, 0.1) is 12.3 Å². The first-order valence-corrected chi connectivity index (χ1v) is 7.82. The monoisotopic (exact) mass is 338 g/mol. The predicted octanol–water partition coefficient (Wildman–Crippen LogP) is 0.351. The van der Waals surface area contributed by atoms with Crippen LogP contribution in [-0.4, -0.2) is 32.4 Å². The van der Waals surface area contributed by atoms with Crippen molar-refractivity contribution in [3.63, 3.8) is 0 Å². The third kappa shape index (κ3) is 3.54. The average Bonchev–Trinajstić information content (AvgIpc) is 2.67. The van der Waals surface area contributed by atoms with E-state index in [0.29, 0.717) is 36.2 Å². The van der Waals surface area contributed by atoms with E-state index in [0.717, 1.165) is 10.9 Å². The molecule has 25 heavy (non-hydrogen) atoms. The van der Waals surface area contributed by atoms with E-state index in [1.54, 1.807) is 30.5 Å². The van der Waals surface area contributed by atoms with Crippen LogP contribution in [0.5, 0.6) is 5.75 Å². The molecule has 0 bridgehead atoms. The molecule has 2 aromatic rings. The fourth-order valence-electron chi connectivity index (χ4n) is 2.59. The molecule has 128 valence electrons. The number of fused-ring (bicyclic) bond motifs is 1. The number of carbonyl (C=O) groups is 2. The van der Waals surface area contributed by atoms with E-state index in [2.05, 4.69) is 5.43 Å². The lowest BCUT2D eigenvalue weighted by molar-refractivity contribution is -0.126. The number of benzene rings is 2. The van der Waals surface area contributed by atoms with Gasteiger partial charge in [-0.15, -0.1) is 0 Å². The van der Waals surface area contributed by atoms with Gasteiger partial charge in [-0.1, -0.05) is 24.3 Å². The van der Waals surface area contributed by atoms with Crippen molar-refractivity contribution in [2.75, 3.05) is 25.3 Å². The first-order valence-electron chi connectivity index (χ1n) is 7.82. The van der Waals surface area contributed by atoms with E-state index < -0.39 is 5.78 Å². The molecular formula is C19H18N2O4. The molecule has 6 nitrogen and oxygen atoms in total. The molecular weight excluding hydrogens is 320 g/mol. The summed E-state index contributed by atoms with van der Waals surface area (Å²) in [6.45, 7) is 0.965. The van der Waals surface area contributed by atoms with Crippen LogP contribution >= 0.6 is 0 Å². The highest BCUT2D eigenvalue weighted by molar-refractivity contribution is 6.45. The molecule has 1 aliphatic heterocycles. The van der Waals surface area contributed by atoms with Crippen molar-refractivity contribution in [1.29, 1.82) is 0 Å². The van der Waals surface area contributed by atoms with E-state index in [-0.39, 0.29) is 0 Å². The van der Waals surface area contributed by atoms with Gasteiger partial charge in [0.2, 0.25) is 5.78 Å². The summed E-state index contributed by atoms with van der Waals surface area (Å²) in [4.78, 5) is 23.3. The summed E-state index contributed by atoms with van der Waals surface area (Å²) in [6, 6.07) is 14.6. The molecule has 3 rings (SSSR count). The lowest BCUT2D eigenvalue weighted by Crippen LogP contribution is -2.48. The summed E-state index contributed by atoms with van der Waals surface area (Å²) < 4.78 is 10.5. The van der Waals surface area contributed by atoms with E-state index in [9.17, 15) is 9.59 Å². The van der Waals surface area contributed by atoms with Crippen LogP contribution in [0.4, 0.5) is 5.69 Å². The standard InChI is InChI=1S/C19H18N2O4/c1-24-10-11-25-16-8-6-15(7-9-16)21-19(18(23)13-22)17-5-3-2-4-14(17)12-20-21/h2-9,12-13,20H,10-11H2,1H3. The molecule has 0 saturated carbocycles. The Balaban J connectivity index is 1.95. The van der Waals surface area contributed by atoms with Gasteiger partial charge < -0.3 is 14.9 Å². The zero-order valence-corrected chi connectivity index (χ0v) is 13.8. The van der Waals surface area contributed by atoms with Gasteiger partial charge in [0.25, 0.3) is 0 Å². The molecule has 0 amide bonds. The summed E-state index contributed by atoms with van der Waals surface area (Å²) in [5.74, 6) is 0.110. The molecule has 0 aliphatic carbocycles. The van der Waals surface area contributed by atoms with Crippen LogP contribution in [0, 0.1) is 0 Å². The first kappa shape index (κ1) is 16.7. The Morgan fingerprint density at radius 3 is 2.60 bits per heavy atom. The Bertz CT molecular complexity index is 890. The van der Waals surface area contributed by atoms with E-state index in [1.165, 1.54) is 0 Å². The van der Waals surface area contributed by atoms with Crippen LogP contribution in [0.2, 0.25) is 0 Å². The maximum absolute atomic E-state index is 12.2. The summed E-state index contributed by atoms with van der Waals surface area (Å²) in [6.07, 6.45) is 2.12. The van der Waals surface area contributed by atoms with Gasteiger partial charge >= 0.3 is 0 Å². The van der Waals surface area contributed by atoms with Crippen LogP contribution in [0.25, 0.3) is 11.9 Å². The van der Waals surface area contributed by atoms with Gasteiger partial charge in [-0.25, -0.2) is 0 Å². The number of hydrogen-bond acceptors (Lipinski definition) is 6. The first-order chi connectivity index (χ1) is 12.2. The summed E-state index contributed by atoms with van der Waals surface area (Å²) in [5, 5.41) is 3.15. The molecule has 1 aliphatic rings. The average molecular weight is 338 g/mol. The number of Topliss-reactive ketones (excluding diaryl/α,β-unsaturated/α-hetero) is 1. The van der Waals surface area contributed by atoms with Crippen molar-refractivity contribution in [2.45, 2.75) is 0 Å². The number of aldehydes is 1. The van der Waals surface area contributed by atoms with Gasteiger partial charge in [0.1, 0.15) is 18.1 Å². The highest BCUT2D eigenvalue weighted by Gasteiger charge is 2.21. The molecule has 1 heterocycles. The maximum atomic E-state index is 12.2. The quantitative estimate of drug-likeness (QED) is 0.446. The highest BCUT2D eigenvalue weighted by atomic mass is 16.5. The Kier molecular flexibility index (Phi) is 5.11. The van der Waals surface area contributed by atoms with Crippen molar-refractivity contribution >= 4 is 29.7 Å². The fourth-order valence-corrected chi connectivity index (χ4v) is 2.59. The lowest BCUT2D eigenvalue weighted by atomic mass is 10.1. The Labute approximate surface area is 144 Å². The van der Waals surface area contributed by atoms with Gasteiger partial charge in [-0.2, -0.15) is 0 Å². The number of carbonyl (C=O) groups excluding carboxylic acids is 2. The largest absolute Gasteiger partial charge is 0.491 e. The van der Waals surface area contributed by atoms with E-state index in [4.69, 9.17) is 9.47 Å². The third-order valence-electron chi connectivity index (χ3n) is 3.78. The summed E-state index contributed by atoms with van der Waals surface area (Å²) in [5.41, 5.74) is 4.07. The summed E-state index contributed by atoms with van der Waals surface area (Å²) >= 11 is 0. The number of anilines is 1. The van der Waals surface area contributed by atoms with Crippen molar-refractivity contribution in [3.8, 4) is 5.75 Å². The molecule has 0 unspecified atom stereocenters. The van der Waals surface area contributed by atoms with Gasteiger partial charge in [-0.3, -0.25) is 14.6 Å². The lowest BCUT2D eigenvalue weighted by Gasteiger charge is -2.28. The van der Waals surface area contributed by atoms with E-state index in [1.807, 2.05) is 36.4 Å². The van der Waals surface area contributed by atoms with Gasteiger partial charge in [0, 0.05) is 23.7 Å². The number of ketones is 1. The SMILES string of the molecule is COCCOc1ccc(N2NC=c3ccccc3=C2C(=O)C=O)cc1. The molecule has 0 spiro atoms. The molecule has 2 aromatic carbocycles. The maximum Gasteiger partial charge on any atom is 0.244 e. The molecule has 6 heteroatoms. The number of methoxy groups -OCH3 is 1. The number of hydrazine groups is 1. The van der Waals surface area contributed by atoms with Crippen LogP contribution in [0.1, 0.15) is 0 Å². The predicted molar refractivity (Wildman–Crippen MR) is 94.1 cm³/mol. The van der Waals surface area contributed by atoms with Crippen molar-refractivity contribution < 1.29 is 19.1 Å². The minimum Gasteiger partial charge on any atom is -0.491 e. The van der Waals surface area contributed by atoms with Gasteiger partial charge in [-0.05, 0) is 24.3 Å². The van der Waals surface area contributed by atoms with Crippen molar-refractivity contribution in [2.24, 2.45) is 0 Å². The Morgan fingerprint density at radius 2 is 1.88 bits per heavy atom. The highest BCUT2D eigenvalue weighted by Crippen LogP contribution is 2.22. The van der Waals surface area contributed by atoms with Crippen molar-refractivity contribution in [1.82, 2.24) is 5.43 Å². The van der Waals surface area contributed by atoms with Crippen LogP contribution in [0.3, 0.4) is 0 Å². The minimum absolute atomic E-state index is 0.293. The molecule has 0 atom stereocenters. The molecule has 0 fully saturated rings. The second-order valence-corrected chi connectivity index (χ2v) is 5.36. The molecule has 0 saturated heterocycles. The number of nitrogens with one attached hydrogen (secondary N) is 1. The van der Waals surface area contributed by atoms with Crippen molar-refractivity contribution in [3.05, 3.63) is 59.0 Å². The van der Waals surface area contributed by atoms with Crippen LogP contribution < -0.4 is 25.6 Å². The molecule has 1 N–H and O–H groups in total. The van der Waals surface area contributed by atoms with Crippen LogP contribution in [0.15, 0.2) is 48.5 Å². The molecule has 0 radical (unpaired) electrons. The second kappa shape index (κ2) is 7.63. The fraction of sp³-hybridized carbons (Fsp3) is 0.158. The molecule has 0 aromatic heterocycles. The van der Waals surface area contributed by atoms with E-state index >= 15 is 0 Å². The smallest absolute Gasteiger partial charge is 0.244 e. The Morgan fingerprint density at radius 1 is 1.12 bits per heavy atom. The number of ether oxygens (including phenoxy) is 2. The number of nitrogens with zero attached hydrogens (tertiary/aromatic N) is 1. The third-order valence-corrected chi connectivity index (χ3v) is 3.78. The minimum atomic E-state index is -0.589. The Hall–Kier alpha value is -3.12. The zero-order chi connectivity index (χ0) is 17.6.